The molecule has 0 saturated carbocycles. The molecule has 0 aliphatic heterocycles. The standard InChI is InChI=1S/C6H12N4.2ClH/c1-5(2)10-4-8-6(3-7)9-10;;/h4-5H,3,7H2,1-2H3;2*1H. The largest absolute Gasteiger partial charge is 0.324 e. The average Bonchev–Trinajstić information content (AvgIpc) is 2.34. The van der Waals surface area contributed by atoms with Crippen molar-refractivity contribution in [3.8, 4) is 0 Å². The lowest BCUT2D eigenvalue weighted by atomic mass is 10.4. The van der Waals surface area contributed by atoms with Gasteiger partial charge in [0.1, 0.15) is 6.33 Å². The maximum absolute atomic E-state index is 5.32. The van der Waals surface area contributed by atoms with Gasteiger partial charge in [0.05, 0.1) is 6.54 Å². The topological polar surface area (TPSA) is 56.7 Å². The number of halogens is 2. The van der Waals surface area contributed by atoms with Gasteiger partial charge in [0.15, 0.2) is 5.82 Å². The summed E-state index contributed by atoms with van der Waals surface area (Å²) < 4.78 is 1.79. The van der Waals surface area contributed by atoms with E-state index in [1.807, 2.05) is 0 Å². The summed E-state index contributed by atoms with van der Waals surface area (Å²) in [6, 6.07) is 0.368. The van der Waals surface area contributed by atoms with Crippen LogP contribution >= 0.6 is 24.8 Å². The lowest BCUT2D eigenvalue weighted by molar-refractivity contribution is 0.526. The zero-order valence-electron chi connectivity index (χ0n) is 7.10. The average molecular weight is 213 g/mol. The smallest absolute Gasteiger partial charge is 0.164 e. The molecular weight excluding hydrogens is 199 g/mol. The Kier molecular flexibility index (Phi) is 7.37. The molecule has 4 nitrogen and oxygen atoms in total. The first-order valence-electron chi connectivity index (χ1n) is 3.34. The van der Waals surface area contributed by atoms with Crippen LogP contribution in [-0.4, -0.2) is 14.8 Å². The summed E-state index contributed by atoms with van der Waals surface area (Å²) in [6.45, 7) is 4.52. The highest BCUT2D eigenvalue weighted by atomic mass is 35.5. The van der Waals surface area contributed by atoms with E-state index in [-0.39, 0.29) is 24.8 Å². The Morgan fingerprint density at radius 1 is 1.50 bits per heavy atom. The van der Waals surface area contributed by atoms with Gasteiger partial charge in [-0.25, -0.2) is 4.98 Å². The molecule has 1 heterocycles. The van der Waals surface area contributed by atoms with E-state index >= 15 is 0 Å². The van der Waals surface area contributed by atoms with Crippen molar-refractivity contribution in [2.45, 2.75) is 26.4 Å². The monoisotopic (exact) mass is 212 g/mol. The Bertz CT molecular complexity index is 211. The van der Waals surface area contributed by atoms with Gasteiger partial charge in [-0.15, -0.1) is 24.8 Å². The molecule has 0 spiro atoms. The van der Waals surface area contributed by atoms with Crippen molar-refractivity contribution in [1.82, 2.24) is 14.8 Å². The van der Waals surface area contributed by atoms with E-state index in [4.69, 9.17) is 5.73 Å². The third kappa shape index (κ3) is 3.38. The maximum atomic E-state index is 5.32. The Hall–Kier alpha value is -0.320. The highest BCUT2D eigenvalue weighted by Gasteiger charge is 1.99. The molecule has 6 heteroatoms. The molecular formula is C6H14Cl2N4. The van der Waals surface area contributed by atoms with E-state index in [2.05, 4.69) is 23.9 Å². The second-order valence-electron chi connectivity index (χ2n) is 2.44. The Balaban J connectivity index is 0. The highest BCUT2D eigenvalue weighted by molar-refractivity contribution is 5.85. The second kappa shape index (κ2) is 6.22. The molecule has 0 amide bonds. The molecule has 12 heavy (non-hydrogen) atoms. The Labute approximate surface area is 84.4 Å². The fraction of sp³-hybridized carbons (Fsp3) is 0.667. The highest BCUT2D eigenvalue weighted by Crippen LogP contribution is 1.99. The van der Waals surface area contributed by atoms with Gasteiger partial charge < -0.3 is 5.73 Å². The van der Waals surface area contributed by atoms with Crippen molar-refractivity contribution in [3.63, 3.8) is 0 Å². The van der Waals surface area contributed by atoms with Crippen LogP contribution in [0.15, 0.2) is 6.33 Å². The van der Waals surface area contributed by atoms with Crippen LogP contribution in [-0.2, 0) is 6.54 Å². The third-order valence-electron chi connectivity index (χ3n) is 1.27. The van der Waals surface area contributed by atoms with Crippen LogP contribution in [0.2, 0.25) is 0 Å². The molecule has 0 unspecified atom stereocenters. The number of hydrogen-bond acceptors (Lipinski definition) is 3. The first-order valence-corrected chi connectivity index (χ1v) is 3.34. The molecule has 0 aliphatic carbocycles. The lowest BCUT2D eigenvalue weighted by Gasteiger charge is -2.01. The summed E-state index contributed by atoms with van der Waals surface area (Å²) >= 11 is 0. The normalized spacial score (nSPS) is 9.00. The SMILES string of the molecule is CC(C)n1cnc(CN)n1.Cl.Cl. The number of rotatable bonds is 2. The molecule has 0 atom stereocenters. The van der Waals surface area contributed by atoms with Crippen molar-refractivity contribution < 1.29 is 0 Å². The van der Waals surface area contributed by atoms with Crippen molar-refractivity contribution in [3.05, 3.63) is 12.2 Å². The molecule has 0 fully saturated rings. The fourth-order valence-electron chi connectivity index (χ4n) is 0.653. The molecule has 1 aromatic rings. The summed E-state index contributed by atoms with van der Waals surface area (Å²) in [4.78, 5) is 3.98. The molecule has 1 aromatic heterocycles. The maximum Gasteiger partial charge on any atom is 0.164 e. The molecule has 2 N–H and O–H groups in total. The number of nitrogens with two attached hydrogens (primary N) is 1. The molecule has 0 aromatic carbocycles. The first-order chi connectivity index (χ1) is 4.74. The minimum absolute atomic E-state index is 0. The summed E-state index contributed by atoms with van der Waals surface area (Å²) in [6.07, 6.45) is 1.70. The van der Waals surface area contributed by atoms with Crippen LogP contribution in [0.1, 0.15) is 25.7 Å². The summed E-state index contributed by atoms with van der Waals surface area (Å²) in [5.74, 6) is 0.703. The van der Waals surface area contributed by atoms with Crippen molar-refractivity contribution in [2.24, 2.45) is 5.73 Å². The van der Waals surface area contributed by atoms with Crippen molar-refractivity contribution in [2.75, 3.05) is 0 Å². The molecule has 0 bridgehead atoms. The van der Waals surface area contributed by atoms with E-state index in [0.717, 1.165) is 0 Å². The zero-order chi connectivity index (χ0) is 7.56. The quantitative estimate of drug-likeness (QED) is 0.801. The van der Waals surface area contributed by atoms with Crippen molar-refractivity contribution >= 4 is 24.8 Å². The van der Waals surface area contributed by atoms with E-state index in [1.54, 1.807) is 11.0 Å². The Morgan fingerprint density at radius 2 is 2.08 bits per heavy atom. The second-order valence-corrected chi connectivity index (χ2v) is 2.44. The third-order valence-corrected chi connectivity index (χ3v) is 1.27. The molecule has 0 radical (unpaired) electrons. The Morgan fingerprint density at radius 3 is 2.33 bits per heavy atom. The van der Waals surface area contributed by atoms with Gasteiger partial charge in [-0.05, 0) is 13.8 Å². The van der Waals surface area contributed by atoms with Crippen LogP contribution in [0, 0.1) is 0 Å². The minimum atomic E-state index is 0. The predicted octanol–water partition coefficient (Wildman–Crippen LogP) is 1.16. The summed E-state index contributed by atoms with van der Waals surface area (Å²) in [5, 5.41) is 4.11. The van der Waals surface area contributed by atoms with Gasteiger partial charge in [-0.1, -0.05) is 0 Å². The van der Waals surface area contributed by atoms with E-state index in [1.165, 1.54) is 0 Å². The van der Waals surface area contributed by atoms with Crippen LogP contribution < -0.4 is 5.73 Å². The fourth-order valence-corrected chi connectivity index (χ4v) is 0.653. The van der Waals surface area contributed by atoms with Gasteiger partial charge in [0.2, 0.25) is 0 Å². The zero-order valence-corrected chi connectivity index (χ0v) is 8.73. The van der Waals surface area contributed by atoms with Gasteiger partial charge in [0.25, 0.3) is 0 Å². The van der Waals surface area contributed by atoms with Crippen molar-refractivity contribution in [1.29, 1.82) is 0 Å². The van der Waals surface area contributed by atoms with Crippen LogP contribution in [0.5, 0.6) is 0 Å². The summed E-state index contributed by atoms with van der Waals surface area (Å²) in [5.41, 5.74) is 5.32. The van der Waals surface area contributed by atoms with Crippen LogP contribution in [0.3, 0.4) is 0 Å². The van der Waals surface area contributed by atoms with Gasteiger partial charge in [-0.3, -0.25) is 4.68 Å². The van der Waals surface area contributed by atoms with Gasteiger partial charge in [-0.2, -0.15) is 5.10 Å². The summed E-state index contributed by atoms with van der Waals surface area (Å²) in [7, 11) is 0. The molecule has 0 aliphatic rings. The minimum Gasteiger partial charge on any atom is -0.324 e. The lowest BCUT2D eigenvalue weighted by Crippen LogP contribution is -2.04. The van der Waals surface area contributed by atoms with Crippen LogP contribution in [0.4, 0.5) is 0 Å². The van der Waals surface area contributed by atoms with E-state index in [0.29, 0.717) is 18.4 Å². The van der Waals surface area contributed by atoms with Gasteiger partial charge >= 0.3 is 0 Å². The van der Waals surface area contributed by atoms with E-state index < -0.39 is 0 Å². The predicted molar refractivity (Wildman–Crippen MR) is 52.8 cm³/mol. The molecule has 1 rings (SSSR count). The van der Waals surface area contributed by atoms with Crippen LogP contribution in [0.25, 0.3) is 0 Å². The van der Waals surface area contributed by atoms with Gasteiger partial charge in [0, 0.05) is 6.04 Å². The first kappa shape index (κ1) is 14.2. The number of hydrogen-bond donors (Lipinski definition) is 1. The number of aromatic nitrogens is 3. The van der Waals surface area contributed by atoms with E-state index in [9.17, 15) is 0 Å². The molecule has 72 valence electrons. The molecule has 0 saturated heterocycles. The number of nitrogens with zero attached hydrogens (tertiary/aromatic N) is 3.